The van der Waals surface area contributed by atoms with Crippen LogP contribution in [-0.4, -0.2) is 17.2 Å². The van der Waals surface area contributed by atoms with Crippen LogP contribution in [0.4, 0.5) is 0 Å². The Hall–Kier alpha value is -7.76. The normalized spacial score (nSPS) is 14.9. The molecule has 0 fully saturated rings. The molecule has 300 valence electrons. The van der Waals surface area contributed by atoms with Gasteiger partial charge in [0.25, 0.3) is 0 Å². The van der Waals surface area contributed by atoms with Crippen molar-refractivity contribution in [3.05, 3.63) is 242 Å². The molecule has 0 saturated heterocycles. The van der Waals surface area contributed by atoms with Gasteiger partial charge in [0.1, 0.15) is 0 Å². The molecule has 0 aliphatic carbocycles. The highest BCUT2D eigenvalue weighted by Gasteiger charge is 2.41. The molecule has 0 atom stereocenters. The van der Waals surface area contributed by atoms with E-state index in [4.69, 9.17) is 6.85 Å². The van der Waals surface area contributed by atoms with Crippen LogP contribution in [0.5, 0.6) is 0 Å². The maximum atomic E-state index is 10.4. The van der Waals surface area contributed by atoms with Crippen molar-refractivity contribution in [2.75, 3.05) is 0 Å². The molecule has 2 nitrogen and oxygen atoms in total. The highest BCUT2D eigenvalue weighted by atomic mass is 32.1. The zero-order chi connectivity index (χ0) is 53.5. The third-order valence-corrected chi connectivity index (χ3v) is 18.0. The van der Waals surface area contributed by atoms with E-state index < -0.39 is 97.8 Å². The largest absolute Gasteiger partial charge is 0.309 e. The highest BCUT2D eigenvalue weighted by molar-refractivity contribution is 7.26. The molecule has 3 aromatic heterocycles. The van der Waals surface area contributed by atoms with Crippen molar-refractivity contribution < 1.29 is 17.8 Å². The van der Waals surface area contributed by atoms with Crippen molar-refractivity contribution in [2.24, 2.45) is 0 Å². The van der Waals surface area contributed by atoms with E-state index in [9.17, 15) is 11.0 Å². The van der Waals surface area contributed by atoms with Gasteiger partial charge in [-0.25, -0.2) is 0 Å². The third-order valence-electron chi connectivity index (χ3n) is 12.5. The summed E-state index contributed by atoms with van der Waals surface area (Å²) in [5, 5.41) is 6.17. The Kier molecular flexibility index (Phi) is 5.96. The molecular formula is C60H40N2SSi. The van der Waals surface area contributed by atoms with Crippen LogP contribution in [0.3, 0.4) is 0 Å². The van der Waals surface area contributed by atoms with E-state index in [2.05, 4.69) is 47.0 Å². The third kappa shape index (κ3) is 5.43. The molecule has 0 bridgehead atoms. The molecule has 3 heterocycles. The van der Waals surface area contributed by atoms with Gasteiger partial charge in [-0.15, -0.1) is 11.3 Å². The second-order valence-corrected chi connectivity index (χ2v) is 20.5. The smallest absolute Gasteiger partial charge is 0.179 e. The maximum Gasteiger partial charge on any atom is 0.179 e. The van der Waals surface area contributed by atoms with Gasteiger partial charge in [-0.2, -0.15) is 0 Å². The van der Waals surface area contributed by atoms with Crippen LogP contribution in [0.2, 0.25) is 0 Å². The molecule has 0 saturated carbocycles. The van der Waals surface area contributed by atoms with Crippen LogP contribution in [-0.2, 0) is 0 Å². The van der Waals surface area contributed by atoms with Crippen LogP contribution in [0.15, 0.2) is 242 Å². The first-order valence-corrected chi connectivity index (χ1v) is 23.8. The van der Waals surface area contributed by atoms with Crippen LogP contribution in [0.1, 0.15) is 17.8 Å². The number of fused-ring (bicyclic) bond motifs is 10. The van der Waals surface area contributed by atoms with E-state index in [0.717, 1.165) is 58.4 Å². The molecule has 0 N–H and O–H groups in total. The lowest BCUT2D eigenvalue weighted by atomic mass is 10.1. The molecule has 10 aromatic carbocycles. The fourth-order valence-electron chi connectivity index (χ4n) is 9.78. The van der Waals surface area contributed by atoms with Crippen LogP contribution >= 0.6 is 11.3 Å². The molecule has 0 aliphatic rings. The van der Waals surface area contributed by atoms with Gasteiger partial charge in [0.2, 0.25) is 0 Å². The minimum absolute atomic E-state index is 0.0279. The zero-order valence-corrected chi connectivity index (χ0v) is 35.7. The molecule has 0 unspecified atom stereocenters. The minimum Gasteiger partial charge on any atom is -0.309 e. The minimum atomic E-state index is -4.66. The molecule has 0 amide bonds. The Bertz CT molecular complexity index is 4540. The van der Waals surface area contributed by atoms with E-state index in [-0.39, 0.29) is 16.1 Å². The molecule has 13 rings (SSSR count). The van der Waals surface area contributed by atoms with Crippen molar-refractivity contribution in [3.63, 3.8) is 0 Å². The van der Waals surface area contributed by atoms with Gasteiger partial charge in [0.15, 0.2) is 8.07 Å². The summed E-state index contributed by atoms with van der Waals surface area (Å²) in [5.41, 5.74) is 3.30. The lowest BCUT2D eigenvalue weighted by Crippen LogP contribution is -2.74. The Balaban J connectivity index is 1.18. The lowest BCUT2D eigenvalue weighted by Gasteiger charge is -2.35. The van der Waals surface area contributed by atoms with E-state index >= 15 is 0 Å². The Labute approximate surface area is 394 Å². The molecule has 4 heteroatoms. The standard InChI is InChI=1S/C60H40N2SSi/c1-4-19-41(20-5-1)42-21-18-26-47(39-42)64(44-22-6-2-7-23-44,45-24-8-3-9-25-45)46-37-35-43(36-38-46)61-53-31-14-12-29-50(53)52-40-56(60-58(59(52)61)51-30-13-17-34-57(51)63-60)62-54-32-15-10-27-48(54)49-28-11-16-33-55(49)62/h1-40H/i1D,4D,5D,18D,19D,20D,21D,26D,35D,36D,37D,38D,39D. The summed E-state index contributed by atoms with van der Waals surface area (Å²) in [6.45, 7) is 0. The fraction of sp³-hybridized carbons (Fsp3) is 0. The number of hydrogen-bond donors (Lipinski definition) is 0. The van der Waals surface area contributed by atoms with Gasteiger partial charge in [0, 0.05) is 42.7 Å². The fourth-order valence-corrected chi connectivity index (χ4v) is 15.2. The summed E-state index contributed by atoms with van der Waals surface area (Å²) in [5.74, 6) is 0. The van der Waals surface area contributed by atoms with Crippen LogP contribution in [0, 0.1) is 0 Å². The number of rotatable bonds is 7. The Morgan fingerprint density at radius 3 is 1.58 bits per heavy atom. The number of aromatic nitrogens is 2. The lowest BCUT2D eigenvalue weighted by molar-refractivity contribution is 1.18. The van der Waals surface area contributed by atoms with Crippen molar-refractivity contribution in [2.45, 2.75) is 0 Å². The summed E-state index contributed by atoms with van der Waals surface area (Å²) >= 11 is 1.64. The first-order valence-electron chi connectivity index (χ1n) is 27.5. The zero-order valence-electron chi connectivity index (χ0n) is 46.9. The second-order valence-electron chi connectivity index (χ2n) is 15.8. The monoisotopic (exact) mass is 861 g/mol. The van der Waals surface area contributed by atoms with Crippen LogP contribution < -0.4 is 20.7 Å². The maximum absolute atomic E-state index is 10.4. The van der Waals surface area contributed by atoms with Crippen molar-refractivity contribution in [1.29, 1.82) is 0 Å². The van der Waals surface area contributed by atoms with Crippen molar-refractivity contribution in [1.82, 2.24) is 9.13 Å². The number of nitrogens with zero attached hydrogens (tertiary/aromatic N) is 2. The average molecular weight is 862 g/mol. The van der Waals surface area contributed by atoms with Crippen molar-refractivity contribution >= 4 is 104 Å². The summed E-state index contributed by atoms with van der Waals surface area (Å²) in [4.78, 5) is 0. The SMILES string of the molecule is [2H]c1c([2H])c([2H])c(-c2c([2H])c([2H])c([2H])c([Si](c3ccccc3)(c3ccccc3)c3c([2H])c([2H])c(-n4c5ccccc5c5cc(-n6c7ccccc7c7ccccc76)c6sc7ccccc7c6c54)c([2H])c3[2H])c2[2H])c([2H])c1[2H]. The summed E-state index contributed by atoms with van der Waals surface area (Å²) in [7, 11) is -4.66. The highest BCUT2D eigenvalue weighted by Crippen LogP contribution is 2.47. The average Bonchev–Trinajstić information content (AvgIpc) is 4.34. The van der Waals surface area contributed by atoms with E-state index in [1.165, 1.54) is 0 Å². The number of benzene rings is 10. The molecule has 13 aromatic rings. The van der Waals surface area contributed by atoms with Gasteiger partial charge in [-0.1, -0.05) is 200 Å². The predicted molar refractivity (Wildman–Crippen MR) is 277 cm³/mol. The number of para-hydroxylation sites is 3. The number of hydrogen-bond acceptors (Lipinski definition) is 1. The predicted octanol–water partition coefficient (Wildman–Crippen LogP) is 13.3. The van der Waals surface area contributed by atoms with E-state index in [0.29, 0.717) is 21.4 Å². The van der Waals surface area contributed by atoms with Gasteiger partial charge < -0.3 is 9.13 Å². The van der Waals surface area contributed by atoms with Crippen molar-refractivity contribution in [3.8, 4) is 22.5 Å². The second kappa shape index (κ2) is 14.7. The first-order chi connectivity index (χ1) is 37.2. The van der Waals surface area contributed by atoms with Gasteiger partial charge in [0.05, 0.1) is 50.3 Å². The van der Waals surface area contributed by atoms with E-state index in [1.807, 2.05) is 65.2 Å². The van der Waals surface area contributed by atoms with Gasteiger partial charge >= 0.3 is 0 Å². The van der Waals surface area contributed by atoms with Gasteiger partial charge in [-0.05, 0) is 74.3 Å². The van der Waals surface area contributed by atoms with Gasteiger partial charge in [-0.3, -0.25) is 0 Å². The van der Waals surface area contributed by atoms with Crippen LogP contribution in [0.25, 0.3) is 86.3 Å². The first kappa shape index (κ1) is 26.0. The molecule has 0 aliphatic heterocycles. The molecule has 0 spiro atoms. The molecular weight excluding hydrogens is 809 g/mol. The summed E-state index contributed by atoms with van der Waals surface area (Å²) in [6.07, 6.45) is 0. The molecule has 64 heavy (non-hydrogen) atoms. The number of thiophene rings is 1. The Morgan fingerprint density at radius 1 is 0.406 bits per heavy atom. The summed E-state index contributed by atoms with van der Waals surface area (Å²) < 4.78 is 130. The Morgan fingerprint density at radius 2 is 0.938 bits per heavy atom. The summed E-state index contributed by atoms with van der Waals surface area (Å²) in [6, 6.07) is 44.3. The van der Waals surface area contributed by atoms with E-state index in [1.54, 1.807) is 72.0 Å². The quantitative estimate of drug-likeness (QED) is 0.112. The molecule has 0 radical (unpaired) electrons. The topological polar surface area (TPSA) is 9.86 Å².